The van der Waals surface area contributed by atoms with Crippen molar-refractivity contribution in [3.63, 3.8) is 0 Å². The quantitative estimate of drug-likeness (QED) is 0.445. The number of rotatable bonds is 5. The van der Waals surface area contributed by atoms with E-state index in [1.54, 1.807) is 7.11 Å². The standard InChI is InChI=1S/C16H21N3O2.HI/c1-11-8-14(12(2)21-11)9-18-16(17)19-15-7-5-4-6-13(15)10-20-3;/h4-8H,9-10H2,1-3H3,(H3,17,18,19);1H. The van der Waals surface area contributed by atoms with Crippen LogP contribution in [0.15, 0.2) is 39.7 Å². The number of nitrogens with one attached hydrogen (secondary N) is 1. The zero-order valence-corrected chi connectivity index (χ0v) is 15.4. The molecular weight excluding hydrogens is 393 g/mol. The van der Waals surface area contributed by atoms with E-state index in [1.165, 1.54) is 0 Å². The Labute approximate surface area is 148 Å². The molecule has 0 unspecified atom stereocenters. The van der Waals surface area contributed by atoms with E-state index in [9.17, 15) is 0 Å². The number of benzene rings is 1. The maximum atomic E-state index is 5.94. The molecule has 0 fully saturated rings. The molecule has 3 N–H and O–H groups in total. The summed E-state index contributed by atoms with van der Waals surface area (Å²) in [6.45, 7) is 4.86. The number of guanidine groups is 1. The van der Waals surface area contributed by atoms with E-state index in [0.717, 1.165) is 28.3 Å². The van der Waals surface area contributed by atoms with Crippen molar-refractivity contribution in [3.8, 4) is 0 Å². The summed E-state index contributed by atoms with van der Waals surface area (Å²) < 4.78 is 10.6. The van der Waals surface area contributed by atoms with Gasteiger partial charge in [-0.1, -0.05) is 18.2 Å². The summed E-state index contributed by atoms with van der Waals surface area (Å²) >= 11 is 0. The summed E-state index contributed by atoms with van der Waals surface area (Å²) in [5.74, 6) is 2.13. The molecule has 22 heavy (non-hydrogen) atoms. The lowest BCUT2D eigenvalue weighted by atomic mass is 10.2. The van der Waals surface area contributed by atoms with Crippen LogP contribution in [0.3, 0.4) is 0 Å². The van der Waals surface area contributed by atoms with Crippen LogP contribution in [-0.2, 0) is 17.9 Å². The predicted octanol–water partition coefficient (Wildman–Crippen LogP) is 3.59. The highest BCUT2D eigenvalue weighted by Crippen LogP contribution is 2.16. The topological polar surface area (TPSA) is 72.8 Å². The zero-order valence-electron chi connectivity index (χ0n) is 13.1. The fourth-order valence-electron chi connectivity index (χ4n) is 2.11. The van der Waals surface area contributed by atoms with Gasteiger partial charge in [0.2, 0.25) is 0 Å². The average Bonchev–Trinajstić information content (AvgIpc) is 2.77. The third-order valence-electron chi connectivity index (χ3n) is 3.14. The number of hydrogen-bond acceptors (Lipinski definition) is 3. The molecule has 0 saturated carbocycles. The third kappa shape index (κ3) is 5.03. The van der Waals surface area contributed by atoms with Crippen LogP contribution in [0.5, 0.6) is 0 Å². The minimum atomic E-state index is 0. The van der Waals surface area contributed by atoms with Crippen molar-refractivity contribution < 1.29 is 9.15 Å². The summed E-state index contributed by atoms with van der Waals surface area (Å²) in [6, 6.07) is 9.82. The highest BCUT2D eigenvalue weighted by atomic mass is 127. The second-order valence-electron chi connectivity index (χ2n) is 4.86. The van der Waals surface area contributed by atoms with E-state index in [1.807, 2.05) is 44.2 Å². The molecule has 2 rings (SSSR count). The van der Waals surface area contributed by atoms with Crippen molar-refractivity contribution in [2.24, 2.45) is 10.7 Å². The first-order valence-corrected chi connectivity index (χ1v) is 6.80. The van der Waals surface area contributed by atoms with Gasteiger partial charge >= 0.3 is 0 Å². The largest absolute Gasteiger partial charge is 0.466 e. The van der Waals surface area contributed by atoms with E-state index in [2.05, 4.69) is 10.3 Å². The molecule has 6 heteroatoms. The van der Waals surface area contributed by atoms with Crippen LogP contribution >= 0.6 is 24.0 Å². The van der Waals surface area contributed by atoms with Gasteiger partial charge in [-0.25, -0.2) is 4.99 Å². The minimum absolute atomic E-state index is 0. The van der Waals surface area contributed by atoms with Gasteiger partial charge in [0.05, 0.1) is 13.2 Å². The van der Waals surface area contributed by atoms with Crippen molar-refractivity contribution in [2.45, 2.75) is 27.0 Å². The molecule has 0 aliphatic rings. The van der Waals surface area contributed by atoms with Crippen molar-refractivity contribution in [1.82, 2.24) is 0 Å². The van der Waals surface area contributed by atoms with Gasteiger partial charge in [-0.15, -0.1) is 24.0 Å². The number of ether oxygens (including phenoxy) is 1. The first-order chi connectivity index (χ1) is 10.1. The molecule has 0 radical (unpaired) electrons. The van der Waals surface area contributed by atoms with Gasteiger partial charge < -0.3 is 20.2 Å². The third-order valence-corrected chi connectivity index (χ3v) is 3.14. The Bertz CT molecular complexity index is 638. The van der Waals surface area contributed by atoms with Gasteiger partial charge in [-0.05, 0) is 26.0 Å². The van der Waals surface area contributed by atoms with E-state index in [4.69, 9.17) is 14.9 Å². The first kappa shape index (κ1) is 18.5. The van der Waals surface area contributed by atoms with Crippen molar-refractivity contribution in [1.29, 1.82) is 0 Å². The molecule has 0 aliphatic heterocycles. The molecule has 0 saturated heterocycles. The number of nitrogens with zero attached hydrogens (tertiary/aromatic N) is 1. The van der Waals surface area contributed by atoms with E-state index >= 15 is 0 Å². The summed E-state index contributed by atoms with van der Waals surface area (Å²) in [5.41, 5.74) is 8.93. The number of furan rings is 1. The Hall–Kier alpha value is -1.54. The predicted molar refractivity (Wildman–Crippen MR) is 99.7 cm³/mol. The molecule has 0 aliphatic carbocycles. The van der Waals surface area contributed by atoms with Crippen molar-refractivity contribution in [2.75, 3.05) is 12.4 Å². The number of para-hydroxylation sites is 1. The van der Waals surface area contributed by atoms with Gasteiger partial charge in [-0.3, -0.25) is 0 Å². The number of nitrogens with two attached hydrogens (primary N) is 1. The Morgan fingerprint density at radius 2 is 2.00 bits per heavy atom. The van der Waals surface area contributed by atoms with Gasteiger partial charge in [0.1, 0.15) is 11.5 Å². The van der Waals surface area contributed by atoms with E-state index in [0.29, 0.717) is 19.1 Å². The smallest absolute Gasteiger partial charge is 0.193 e. The fraction of sp³-hybridized carbons (Fsp3) is 0.312. The molecule has 0 atom stereocenters. The molecule has 5 nitrogen and oxygen atoms in total. The summed E-state index contributed by atoms with van der Waals surface area (Å²) in [6.07, 6.45) is 0. The molecule has 120 valence electrons. The van der Waals surface area contributed by atoms with Crippen LogP contribution in [0.2, 0.25) is 0 Å². The Morgan fingerprint density at radius 3 is 2.64 bits per heavy atom. The van der Waals surface area contributed by atoms with Crippen molar-refractivity contribution in [3.05, 3.63) is 53.0 Å². The maximum absolute atomic E-state index is 5.94. The lowest BCUT2D eigenvalue weighted by molar-refractivity contribution is 0.185. The van der Waals surface area contributed by atoms with Crippen LogP contribution in [0.25, 0.3) is 0 Å². The van der Waals surface area contributed by atoms with Gasteiger partial charge in [0.25, 0.3) is 0 Å². The highest BCUT2D eigenvalue weighted by molar-refractivity contribution is 14.0. The maximum Gasteiger partial charge on any atom is 0.193 e. The Balaban J connectivity index is 0.00000242. The first-order valence-electron chi connectivity index (χ1n) is 6.80. The normalized spacial score (nSPS) is 11.1. The lowest BCUT2D eigenvalue weighted by Crippen LogP contribution is -2.23. The molecular formula is C16H22IN3O2. The zero-order chi connectivity index (χ0) is 15.2. The SMILES string of the molecule is COCc1ccccc1NC(N)=NCc1cc(C)oc1C.I. The molecule has 0 spiro atoms. The highest BCUT2D eigenvalue weighted by Gasteiger charge is 2.05. The van der Waals surface area contributed by atoms with Crippen LogP contribution in [0.1, 0.15) is 22.6 Å². The summed E-state index contributed by atoms with van der Waals surface area (Å²) in [7, 11) is 1.66. The van der Waals surface area contributed by atoms with E-state index < -0.39 is 0 Å². The molecule has 0 bridgehead atoms. The van der Waals surface area contributed by atoms with Crippen LogP contribution in [0, 0.1) is 13.8 Å². The summed E-state index contributed by atoms with van der Waals surface area (Å²) in [4.78, 5) is 4.35. The Kier molecular flexibility index (Phi) is 7.40. The number of aliphatic imine (C=N–C) groups is 1. The Morgan fingerprint density at radius 1 is 1.27 bits per heavy atom. The number of anilines is 1. The van der Waals surface area contributed by atoms with Gasteiger partial charge in [0.15, 0.2) is 5.96 Å². The van der Waals surface area contributed by atoms with Crippen LogP contribution in [-0.4, -0.2) is 13.1 Å². The summed E-state index contributed by atoms with van der Waals surface area (Å²) in [5, 5.41) is 3.11. The fourth-order valence-corrected chi connectivity index (χ4v) is 2.11. The molecule has 2 aromatic rings. The monoisotopic (exact) mass is 415 g/mol. The average molecular weight is 415 g/mol. The second kappa shape index (κ2) is 8.79. The van der Waals surface area contributed by atoms with Gasteiger partial charge in [0, 0.05) is 23.9 Å². The second-order valence-corrected chi connectivity index (χ2v) is 4.86. The number of aryl methyl sites for hydroxylation is 2. The van der Waals surface area contributed by atoms with Crippen molar-refractivity contribution >= 4 is 35.6 Å². The lowest BCUT2D eigenvalue weighted by Gasteiger charge is -2.10. The molecule has 0 amide bonds. The molecule has 1 aromatic heterocycles. The number of methoxy groups -OCH3 is 1. The number of halogens is 1. The van der Waals surface area contributed by atoms with Gasteiger partial charge in [-0.2, -0.15) is 0 Å². The van der Waals surface area contributed by atoms with E-state index in [-0.39, 0.29) is 24.0 Å². The minimum Gasteiger partial charge on any atom is -0.466 e. The number of hydrogen-bond donors (Lipinski definition) is 2. The molecule has 1 heterocycles. The van der Waals surface area contributed by atoms with Crippen LogP contribution in [0.4, 0.5) is 5.69 Å². The van der Waals surface area contributed by atoms with Crippen LogP contribution < -0.4 is 11.1 Å². The molecule has 1 aromatic carbocycles.